The lowest BCUT2D eigenvalue weighted by molar-refractivity contribution is 0.536. The smallest absolute Gasteiger partial charge is 0.0409 e. The Balaban J connectivity index is 2.35. The summed E-state index contributed by atoms with van der Waals surface area (Å²) in [6.07, 6.45) is 2.26. The Kier molecular flexibility index (Phi) is 2.98. The van der Waals surface area contributed by atoms with Gasteiger partial charge in [-0.3, -0.25) is 4.21 Å². The molecule has 0 N–H and O–H groups in total. The Labute approximate surface area is 65.5 Å². The highest BCUT2D eigenvalue weighted by atomic mass is 32.2. The molecule has 5 heteroatoms. The van der Waals surface area contributed by atoms with E-state index in [4.69, 9.17) is 0 Å². The fourth-order valence-corrected chi connectivity index (χ4v) is 1.64. The van der Waals surface area contributed by atoms with E-state index in [1.165, 1.54) is 11.5 Å². The molecule has 0 fully saturated rings. The van der Waals surface area contributed by atoms with Gasteiger partial charge in [-0.15, -0.1) is 0 Å². The van der Waals surface area contributed by atoms with Crippen LogP contribution in [0, 0.1) is 0 Å². The second kappa shape index (κ2) is 3.80. The lowest BCUT2D eigenvalue weighted by atomic mass is 10.4. The molecule has 0 spiro atoms. The van der Waals surface area contributed by atoms with E-state index in [1.54, 1.807) is 6.20 Å². The van der Waals surface area contributed by atoms with Gasteiger partial charge in [0.25, 0.3) is 0 Å². The first-order valence-corrected chi connectivity index (χ1v) is 4.76. The van der Waals surface area contributed by atoms with Gasteiger partial charge in [0, 0.05) is 16.8 Å². The predicted octanol–water partition coefficient (Wildman–Crippen LogP) is 0.565. The zero-order valence-electron chi connectivity index (χ0n) is 5.15. The van der Waals surface area contributed by atoms with Crippen LogP contribution in [0.1, 0.15) is 4.88 Å². The highest BCUT2D eigenvalue weighted by Crippen LogP contribution is 2.04. The SMILES string of the molecule is O=S([O-])CCc1ccns1. The third-order valence-electron chi connectivity index (χ3n) is 1.01. The maximum Gasteiger partial charge on any atom is 0.0409 e. The predicted molar refractivity (Wildman–Crippen MR) is 39.6 cm³/mol. The second-order valence-electron chi connectivity index (χ2n) is 1.74. The van der Waals surface area contributed by atoms with Crippen molar-refractivity contribution < 1.29 is 8.76 Å². The van der Waals surface area contributed by atoms with Gasteiger partial charge in [0.05, 0.1) is 0 Å². The van der Waals surface area contributed by atoms with Crippen molar-refractivity contribution in [2.24, 2.45) is 0 Å². The van der Waals surface area contributed by atoms with E-state index in [2.05, 4.69) is 4.37 Å². The van der Waals surface area contributed by atoms with Gasteiger partial charge >= 0.3 is 0 Å². The molecule has 1 aromatic heterocycles. The zero-order chi connectivity index (χ0) is 7.40. The van der Waals surface area contributed by atoms with Crippen molar-refractivity contribution in [2.75, 3.05) is 5.75 Å². The molecule has 0 bridgehead atoms. The summed E-state index contributed by atoms with van der Waals surface area (Å²) >= 11 is -0.580. The summed E-state index contributed by atoms with van der Waals surface area (Å²) in [5.41, 5.74) is 0. The van der Waals surface area contributed by atoms with E-state index < -0.39 is 11.1 Å². The Morgan fingerprint density at radius 1 is 1.80 bits per heavy atom. The highest BCUT2D eigenvalue weighted by molar-refractivity contribution is 7.79. The molecule has 3 nitrogen and oxygen atoms in total. The number of rotatable bonds is 3. The molecule has 1 unspecified atom stereocenters. The van der Waals surface area contributed by atoms with Gasteiger partial charge in [0.15, 0.2) is 0 Å². The van der Waals surface area contributed by atoms with Crippen LogP contribution in [0.5, 0.6) is 0 Å². The zero-order valence-corrected chi connectivity index (χ0v) is 6.78. The first kappa shape index (κ1) is 7.84. The summed E-state index contributed by atoms with van der Waals surface area (Å²) in [6.45, 7) is 0. The number of aromatic nitrogens is 1. The quantitative estimate of drug-likeness (QED) is 0.632. The minimum atomic E-state index is -1.92. The van der Waals surface area contributed by atoms with Crippen LogP contribution in [0.25, 0.3) is 0 Å². The molecule has 0 aliphatic rings. The summed E-state index contributed by atoms with van der Waals surface area (Å²) in [4.78, 5) is 1.02. The van der Waals surface area contributed by atoms with Gasteiger partial charge in [-0.25, -0.2) is 4.37 Å². The van der Waals surface area contributed by atoms with E-state index in [-0.39, 0.29) is 5.75 Å². The molecular weight excluding hydrogens is 170 g/mol. The summed E-state index contributed by atoms with van der Waals surface area (Å²) in [7, 11) is 0. The van der Waals surface area contributed by atoms with Crippen LogP contribution in [-0.4, -0.2) is 18.9 Å². The molecule has 0 aliphatic carbocycles. The Morgan fingerprint density at radius 3 is 3.10 bits per heavy atom. The molecule has 0 amide bonds. The first-order chi connectivity index (χ1) is 4.79. The molecule has 0 saturated heterocycles. The van der Waals surface area contributed by atoms with Crippen LogP contribution in [0.3, 0.4) is 0 Å². The van der Waals surface area contributed by atoms with Crippen molar-refractivity contribution in [3.63, 3.8) is 0 Å². The van der Waals surface area contributed by atoms with Crippen LogP contribution in [-0.2, 0) is 17.5 Å². The minimum absolute atomic E-state index is 0.197. The van der Waals surface area contributed by atoms with E-state index in [1.807, 2.05) is 6.07 Å². The Bertz CT molecular complexity index is 209. The van der Waals surface area contributed by atoms with Crippen molar-refractivity contribution in [2.45, 2.75) is 6.42 Å². The standard InChI is InChI=1S/C5H7NO2S2/c7-10(8)4-2-5-1-3-6-9-5/h1,3H,2,4H2,(H,7,8)/p-1. The van der Waals surface area contributed by atoms with Gasteiger partial charge in [0.1, 0.15) is 0 Å². The molecule has 0 radical (unpaired) electrons. The van der Waals surface area contributed by atoms with Crippen molar-refractivity contribution in [3.05, 3.63) is 17.1 Å². The average molecular weight is 176 g/mol. The Morgan fingerprint density at radius 2 is 2.60 bits per heavy atom. The molecule has 1 rings (SSSR count). The van der Waals surface area contributed by atoms with Crippen molar-refractivity contribution in [1.29, 1.82) is 0 Å². The fourth-order valence-electron chi connectivity index (χ4n) is 0.555. The lowest BCUT2D eigenvalue weighted by Crippen LogP contribution is -1.97. The summed E-state index contributed by atoms with van der Waals surface area (Å²) < 4.78 is 24.0. The third-order valence-corrected chi connectivity index (χ3v) is 2.35. The Hall–Kier alpha value is -0.260. The van der Waals surface area contributed by atoms with E-state index >= 15 is 0 Å². The van der Waals surface area contributed by atoms with Crippen molar-refractivity contribution >= 4 is 22.6 Å². The van der Waals surface area contributed by atoms with Crippen LogP contribution in [0.4, 0.5) is 0 Å². The van der Waals surface area contributed by atoms with Gasteiger partial charge < -0.3 is 4.55 Å². The van der Waals surface area contributed by atoms with Gasteiger partial charge in [-0.1, -0.05) is 11.1 Å². The normalized spacial score (nSPS) is 13.3. The fraction of sp³-hybridized carbons (Fsp3) is 0.400. The van der Waals surface area contributed by atoms with Gasteiger partial charge in [-0.05, 0) is 24.0 Å². The average Bonchev–Trinajstić information content (AvgIpc) is 2.34. The molecule has 1 heterocycles. The minimum Gasteiger partial charge on any atom is -0.772 e. The van der Waals surface area contributed by atoms with E-state index in [0.717, 1.165) is 4.88 Å². The maximum absolute atomic E-state index is 10.1. The number of aryl methyl sites for hydroxylation is 1. The van der Waals surface area contributed by atoms with E-state index in [0.29, 0.717) is 6.42 Å². The molecule has 1 aromatic rings. The van der Waals surface area contributed by atoms with Crippen LogP contribution >= 0.6 is 11.5 Å². The maximum atomic E-state index is 10.1. The summed E-state index contributed by atoms with van der Waals surface area (Å²) in [6, 6.07) is 1.83. The summed E-state index contributed by atoms with van der Waals surface area (Å²) in [5.74, 6) is 0.197. The van der Waals surface area contributed by atoms with E-state index in [9.17, 15) is 8.76 Å². The molecule has 0 saturated carbocycles. The molecular formula is C5H6NO2S2-. The largest absolute Gasteiger partial charge is 0.772 e. The summed E-state index contributed by atoms with van der Waals surface area (Å²) in [5, 5.41) is 0. The highest BCUT2D eigenvalue weighted by Gasteiger charge is 1.92. The topological polar surface area (TPSA) is 53.0 Å². The third kappa shape index (κ3) is 2.55. The van der Waals surface area contributed by atoms with Crippen LogP contribution < -0.4 is 0 Å². The monoisotopic (exact) mass is 176 g/mol. The molecule has 0 aliphatic heterocycles. The lowest BCUT2D eigenvalue weighted by Gasteiger charge is -2.00. The molecule has 10 heavy (non-hydrogen) atoms. The first-order valence-electron chi connectivity index (χ1n) is 2.74. The molecule has 0 aromatic carbocycles. The van der Waals surface area contributed by atoms with Crippen LogP contribution in [0.15, 0.2) is 12.3 Å². The molecule has 56 valence electrons. The molecule has 1 atom stereocenters. The van der Waals surface area contributed by atoms with Gasteiger partial charge in [0.2, 0.25) is 0 Å². The number of nitrogens with zero attached hydrogens (tertiary/aromatic N) is 1. The number of hydrogen-bond donors (Lipinski definition) is 0. The van der Waals surface area contributed by atoms with Crippen molar-refractivity contribution in [3.8, 4) is 0 Å². The second-order valence-corrected chi connectivity index (χ2v) is 3.67. The van der Waals surface area contributed by atoms with Crippen molar-refractivity contribution in [1.82, 2.24) is 4.37 Å². The number of hydrogen-bond acceptors (Lipinski definition) is 4. The van der Waals surface area contributed by atoms with Gasteiger partial charge in [-0.2, -0.15) is 0 Å². The van der Waals surface area contributed by atoms with Crippen LogP contribution in [0.2, 0.25) is 0 Å².